The fourth-order valence-electron chi connectivity index (χ4n) is 2.30. The maximum Gasteiger partial charge on any atom is 0.0633 e. The molecule has 3 heteroatoms. The SMILES string of the molecule is CC1CCCC(CNC(C)(CO)CO)C1. The molecule has 0 aromatic heterocycles. The van der Waals surface area contributed by atoms with E-state index in [0.717, 1.165) is 12.5 Å². The van der Waals surface area contributed by atoms with Crippen molar-refractivity contribution in [2.45, 2.75) is 45.1 Å². The van der Waals surface area contributed by atoms with Gasteiger partial charge in [0.15, 0.2) is 0 Å². The molecule has 15 heavy (non-hydrogen) atoms. The first-order valence-electron chi connectivity index (χ1n) is 6.06. The molecule has 0 aromatic carbocycles. The molecular weight excluding hydrogens is 190 g/mol. The highest BCUT2D eigenvalue weighted by molar-refractivity contribution is 4.83. The molecule has 0 radical (unpaired) electrons. The van der Waals surface area contributed by atoms with E-state index in [1.165, 1.54) is 25.7 Å². The molecule has 1 aliphatic rings. The number of nitrogens with one attached hydrogen (secondary N) is 1. The van der Waals surface area contributed by atoms with Crippen LogP contribution in [0.5, 0.6) is 0 Å². The summed E-state index contributed by atoms with van der Waals surface area (Å²) in [5.74, 6) is 1.55. The van der Waals surface area contributed by atoms with Gasteiger partial charge in [0.05, 0.1) is 18.8 Å². The molecule has 1 rings (SSSR count). The minimum Gasteiger partial charge on any atom is -0.394 e. The van der Waals surface area contributed by atoms with Gasteiger partial charge in [0.25, 0.3) is 0 Å². The number of aliphatic hydroxyl groups is 2. The zero-order chi connectivity index (χ0) is 11.3. The highest BCUT2D eigenvalue weighted by Gasteiger charge is 2.25. The number of hydrogen-bond donors (Lipinski definition) is 3. The Morgan fingerprint density at radius 1 is 1.27 bits per heavy atom. The van der Waals surface area contributed by atoms with E-state index in [1.807, 2.05) is 6.92 Å². The standard InChI is InChI=1S/C12H25NO2/c1-10-4-3-5-11(6-10)7-13-12(2,8-14)9-15/h10-11,13-15H,3-9H2,1-2H3. The molecule has 3 N–H and O–H groups in total. The molecule has 0 heterocycles. The van der Waals surface area contributed by atoms with Gasteiger partial charge in [0, 0.05) is 0 Å². The van der Waals surface area contributed by atoms with Gasteiger partial charge < -0.3 is 15.5 Å². The Balaban J connectivity index is 2.29. The molecule has 0 spiro atoms. The van der Waals surface area contributed by atoms with Crippen molar-refractivity contribution in [2.75, 3.05) is 19.8 Å². The van der Waals surface area contributed by atoms with E-state index in [0.29, 0.717) is 5.92 Å². The molecule has 0 saturated heterocycles. The molecule has 0 bridgehead atoms. The number of rotatable bonds is 5. The summed E-state index contributed by atoms with van der Waals surface area (Å²) in [5, 5.41) is 21.6. The molecule has 2 atom stereocenters. The number of aliphatic hydroxyl groups excluding tert-OH is 2. The van der Waals surface area contributed by atoms with Crippen LogP contribution in [0.4, 0.5) is 0 Å². The molecule has 0 aromatic rings. The molecule has 1 aliphatic carbocycles. The van der Waals surface area contributed by atoms with Crippen molar-refractivity contribution in [2.24, 2.45) is 11.8 Å². The van der Waals surface area contributed by atoms with Gasteiger partial charge >= 0.3 is 0 Å². The van der Waals surface area contributed by atoms with Crippen molar-refractivity contribution < 1.29 is 10.2 Å². The summed E-state index contributed by atoms with van der Waals surface area (Å²) in [7, 11) is 0. The molecule has 0 aliphatic heterocycles. The highest BCUT2D eigenvalue weighted by Crippen LogP contribution is 2.28. The van der Waals surface area contributed by atoms with Crippen LogP contribution in [0.15, 0.2) is 0 Å². The average Bonchev–Trinajstić information content (AvgIpc) is 2.26. The molecule has 90 valence electrons. The van der Waals surface area contributed by atoms with Crippen LogP contribution >= 0.6 is 0 Å². The fraction of sp³-hybridized carbons (Fsp3) is 1.00. The summed E-state index contributed by atoms with van der Waals surface area (Å²) in [6, 6.07) is 0. The third-order valence-electron chi connectivity index (χ3n) is 3.56. The zero-order valence-electron chi connectivity index (χ0n) is 10.00. The average molecular weight is 215 g/mol. The van der Waals surface area contributed by atoms with Gasteiger partial charge in [-0.3, -0.25) is 0 Å². The summed E-state index contributed by atoms with van der Waals surface area (Å²) in [5.41, 5.74) is -0.513. The molecule has 1 fully saturated rings. The lowest BCUT2D eigenvalue weighted by atomic mass is 9.82. The predicted molar refractivity (Wildman–Crippen MR) is 61.7 cm³/mol. The van der Waals surface area contributed by atoms with E-state index in [9.17, 15) is 0 Å². The third-order valence-corrected chi connectivity index (χ3v) is 3.56. The first-order chi connectivity index (χ1) is 7.09. The maximum absolute atomic E-state index is 9.14. The van der Waals surface area contributed by atoms with E-state index < -0.39 is 5.54 Å². The molecule has 3 nitrogen and oxygen atoms in total. The first-order valence-corrected chi connectivity index (χ1v) is 6.06. The lowest BCUT2D eigenvalue weighted by Gasteiger charge is -2.32. The summed E-state index contributed by atoms with van der Waals surface area (Å²) in [6.07, 6.45) is 5.24. The second-order valence-corrected chi connectivity index (χ2v) is 5.40. The normalized spacial score (nSPS) is 28.0. The topological polar surface area (TPSA) is 52.5 Å². The molecule has 1 saturated carbocycles. The van der Waals surface area contributed by atoms with Gasteiger partial charge in [-0.15, -0.1) is 0 Å². The van der Waals surface area contributed by atoms with Crippen LogP contribution < -0.4 is 5.32 Å². The third kappa shape index (κ3) is 4.09. The smallest absolute Gasteiger partial charge is 0.0633 e. The first kappa shape index (κ1) is 12.9. The van der Waals surface area contributed by atoms with Gasteiger partial charge in [0.2, 0.25) is 0 Å². The van der Waals surface area contributed by atoms with E-state index in [2.05, 4.69) is 12.2 Å². The van der Waals surface area contributed by atoms with Gasteiger partial charge in [-0.1, -0.05) is 19.8 Å². The lowest BCUT2D eigenvalue weighted by Crippen LogP contribution is -2.50. The Morgan fingerprint density at radius 2 is 1.93 bits per heavy atom. The minimum atomic E-state index is -0.513. The van der Waals surface area contributed by atoms with Gasteiger partial charge in [-0.2, -0.15) is 0 Å². The molecule has 2 unspecified atom stereocenters. The van der Waals surface area contributed by atoms with Crippen molar-refractivity contribution in [1.82, 2.24) is 5.32 Å². The largest absolute Gasteiger partial charge is 0.394 e. The Hall–Kier alpha value is -0.120. The second-order valence-electron chi connectivity index (χ2n) is 5.40. The van der Waals surface area contributed by atoms with Crippen LogP contribution in [-0.2, 0) is 0 Å². The zero-order valence-corrected chi connectivity index (χ0v) is 10.00. The van der Waals surface area contributed by atoms with Gasteiger partial charge in [-0.25, -0.2) is 0 Å². The number of hydrogen-bond acceptors (Lipinski definition) is 3. The van der Waals surface area contributed by atoms with Crippen molar-refractivity contribution in [3.63, 3.8) is 0 Å². The Bertz CT molecular complexity index is 180. The lowest BCUT2D eigenvalue weighted by molar-refractivity contribution is 0.0966. The van der Waals surface area contributed by atoms with Crippen LogP contribution in [0, 0.1) is 11.8 Å². The van der Waals surface area contributed by atoms with Crippen LogP contribution in [0.1, 0.15) is 39.5 Å². The van der Waals surface area contributed by atoms with Crippen LogP contribution in [0.2, 0.25) is 0 Å². The van der Waals surface area contributed by atoms with Crippen molar-refractivity contribution >= 4 is 0 Å². The van der Waals surface area contributed by atoms with Crippen LogP contribution in [0.25, 0.3) is 0 Å². The van der Waals surface area contributed by atoms with E-state index in [-0.39, 0.29) is 13.2 Å². The van der Waals surface area contributed by atoms with Gasteiger partial charge in [-0.05, 0) is 38.1 Å². The minimum absolute atomic E-state index is 0.00816. The predicted octanol–water partition coefficient (Wildman–Crippen LogP) is 1.15. The van der Waals surface area contributed by atoms with Gasteiger partial charge in [0.1, 0.15) is 0 Å². The maximum atomic E-state index is 9.14. The Morgan fingerprint density at radius 3 is 2.47 bits per heavy atom. The highest BCUT2D eigenvalue weighted by atomic mass is 16.3. The van der Waals surface area contributed by atoms with Crippen molar-refractivity contribution in [3.05, 3.63) is 0 Å². The van der Waals surface area contributed by atoms with Crippen LogP contribution in [-0.4, -0.2) is 35.5 Å². The molecule has 0 amide bonds. The van der Waals surface area contributed by atoms with E-state index in [1.54, 1.807) is 0 Å². The Kier molecular flexibility index (Phi) is 5.03. The van der Waals surface area contributed by atoms with E-state index in [4.69, 9.17) is 10.2 Å². The quantitative estimate of drug-likeness (QED) is 0.645. The summed E-state index contributed by atoms with van der Waals surface area (Å²) < 4.78 is 0. The fourth-order valence-corrected chi connectivity index (χ4v) is 2.30. The molecular formula is C12H25NO2. The van der Waals surface area contributed by atoms with Crippen molar-refractivity contribution in [3.8, 4) is 0 Å². The summed E-state index contributed by atoms with van der Waals surface area (Å²) >= 11 is 0. The van der Waals surface area contributed by atoms with Crippen LogP contribution in [0.3, 0.4) is 0 Å². The van der Waals surface area contributed by atoms with E-state index >= 15 is 0 Å². The summed E-state index contributed by atoms with van der Waals surface area (Å²) in [4.78, 5) is 0. The second kappa shape index (κ2) is 5.83. The van der Waals surface area contributed by atoms with Crippen molar-refractivity contribution in [1.29, 1.82) is 0 Å². The monoisotopic (exact) mass is 215 g/mol. The Labute approximate surface area is 92.9 Å². The summed E-state index contributed by atoms with van der Waals surface area (Å²) in [6.45, 7) is 5.07.